The van der Waals surface area contributed by atoms with Crippen LogP contribution in [0.5, 0.6) is 0 Å². The second kappa shape index (κ2) is 4.05. The quantitative estimate of drug-likeness (QED) is 0.824. The summed E-state index contributed by atoms with van der Waals surface area (Å²) in [6.45, 7) is 3.30. The van der Waals surface area contributed by atoms with Gasteiger partial charge in [0, 0.05) is 22.7 Å². The molecule has 0 saturated heterocycles. The highest BCUT2D eigenvalue weighted by molar-refractivity contribution is 6.07. The van der Waals surface area contributed by atoms with Gasteiger partial charge in [0.2, 0.25) is 0 Å². The summed E-state index contributed by atoms with van der Waals surface area (Å²) < 4.78 is 1.59. The van der Waals surface area contributed by atoms with Crippen molar-refractivity contribution >= 4 is 22.7 Å². The molecule has 4 nitrogen and oxygen atoms in total. The summed E-state index contributed by atoms with van der Waals surface area (Å²) in [6, 6.07) is 5.66. The predicted molar refractivity (Wildman–Crippen MR) is 64.3 cm³/mol. The fourth-order valence-electron chi connectivity index (χ4n) is 1.97. The molecule has 88 valence electrons. The van der Waals surface area contributed by atoms with Crippen molar-refractivity contribution in [1.82, 2.24) is 4.57 Å². The van der Waals surface area contributed by atoms with Gasteiger partial charge >= 0.3 is 5.97 Å². The molecule has 1 aromatic carbocycles. The lowest BCUT2D eigenvalue weighted by atomic mass is 10.1. The first-order chi connectivity index (χ1) is 7.99. The van der Waals surface area contributed by atoms with E-state index in [4.69, 9.17) is 5.11 Å². The summed E-state index contributed by atoms with van der Waals surface area (Å²) in [6.07, 6.45) is 1.61. The minimum Gasteiger partial charge on any atom is -0.480 e. The zero-order valence-corrected chi connectivity index (χ0v) is 9.73. The number of hydrogen-bond donors (Lipinski definition) is 1. The van der Waals surface area contributed by atoms with Crippen molar-refractivity contribution in [3.8, 4) is 0 Å². The number of carboxylic acid groups (broad SMARTS) is 1. The number of aryl methyl sites for hydroxylation is 1. The van der Waals surface area contributed by atoms with Crippen LogP contribution in [-0.2, 0) is 11.3 Å². The van der Waals surface area contributed by atoms with E-state index in [0.29, 0.717) is 5.56 Å². The number of hydrogen-bond acceptors (Lipinski definition) is 2. The van der Waals surface area contributed by atoms with Gasteiger partial charge in [-0.3, -0.25) is 9.59 Å². The van der Waals surface area contributed by atoms with Crippen LogP contribution in [0.25, 0.3) is 10.9 Å². The molecule has 0 saturated carbocycles. The van der Waals surface area contributed by atoms with Crippen molar-refractivity contribution in [2.45, 2.75) is 20.4 Å². The highest BCUT2D eigenvalue weighted by Crippen LogP contribution is 2.23. The van der Waals surface area contributed by atoms with Gasteiger partial charge in [-0.1, -0.05) is 11.6 Å². The highest BCUT2D eigenvalue weighted by Gasteiger charge is 2.13. The van der Waals surface area contributed by atoms with Gasteiger partial charge in [-0.2, -0.15) is 0 Å². The van der Waals surface area contributed by atoms with Crippen LogP contribution in [-0.4, -0.2) is 21.4 Å². The van der Waals surface area contributed by atoms with Crippen LogP contribution < -0.4 is 0 Å². The average molecular weight is 231 g/mol. The standard InChI is InChI=1S/C13H13NO3/c1-8-3-4-12-10(5-8)11(9(2)15)6-14(12)7-13(16)17/h3-6H,7H2,1-2H3,(H,16,17). The van der Waals surface area contributed by atoms with Gasteiger partial charge in [-0.05, 0) is 26.0 Å². The van der Waals surface area contributed by atoms with E-state index in [-0.39, 0.29) is 12.3 Å². The van der Waals surface area contributed by atoms with Gasteiger partial charge in [0.15, 0.2) is 5.78 Å². The summed E-state index contributed by atoms with van der Waals surface area (Å²) in [5, 5.41) is 9.64. The molecule has 0 spiro atoms. The van der Waals surface area contributed by atoms with Crippen molar-refractivity contribution in [2.75, 3.05) is 0 Å². The van der Waals surface area contributed by atoms with Gasteiger partial charge in [-0.25, -0.2) is 0 Å². The first-order valence-corrected chi connectivity index (χ1v) is 5.31. The van der Waals surface area contributed by atoms with Crippen LogP contribution >= 0.6 is 0 Å². The largest absolute Gasteiger partial charge is 0.480 e. The molecule has 0 radical (unpaired) electrons. The summed E-state index contributed by atoms with van der Waals surface area (Å²) >= 11 is 0. The molecule has 1 heterocycles. The van der Waals surface area contributed by atoms with Gasteiger partial charge < -0.3 is 9.67 Å². The van der Waals surface area contributed by atoms with Crippen LogP contribution in [0.3, 0.4) is 0 Å². The minimum absolute atomic E-state index is 0.0512. The van der Waals surface area contributed by atoms with E-state index in [1.54, 1.807) is 10.8 Å². The number of rotatable bonds is 3. The number of carboxylic acids is 1. The molecule has 0 bridgehead atoms. The number of benzene rings is 1. The first kappa shape index (κ1) is 11.4. The Kier molecular flexibility index (Phi) is 2.71. The van der Waals surface area contributed by atoms with Crippen LogP contribution in [0.4, 0.5) is 0 Å². The Bertz CT molecular complexity index is 610. The molecule has 4 heteroatoms. The maximum absolute atomic E-state index is 11.5. The number of fused-ring (bicyclic) bond motifs is 1. The zero-order valence-electron chi connectivity index (χ0n) is 9.73. The summed E-state index contributed by atoms with van der Waals surface area (Å²) in [7, 11) is 0. The van der Waals surface area contributed by atoms with Crippen LogP contribution in [0.2, 0.25) is 0 Å². The second-order valence-electron chi connectivity index (χ2n) is 4.14. The normalized spacial score (nSPS) is 10.7. The van der Waals surface area contributed by atoms with Gasteiger partial charge in [-0.15, -0.1) is 0 Å². The van der Waals surface area contributed by atoms with Crippen molar-refractivity contribution < 1.29 is 14.7 Å². The molecule has 17 heavy (non-hydrogen) atoms. The van der Waals surface area contributed by atoms with E-state index in [1.807, 2.05) is 25.1 Å². The fourth-order valence-corrected chi connectivity index (χ4v) is 1.97. The van der Waals surface area contributed by atoms with Crippen LogP contribution in [0.15, 0.2) is 24.4 Å². The number of Topliss-reactive ketones (excluding diaryl/α,β-unsaturated/α-hetero) is 1. The van der Waals surface area contributed by atoms with Gasteiger partial charge in [0.25, 0.3) is 0 Å². The Balaban J connectivity index is 2.70. The zero-order chi connectivity index (χ0) is 12.6. The molecule has 1 N–H and O–H groups in total. The highest BCUT2D eigenvalue weighted by atomic mass is 16.4. The lowest BCUT2D eigenvalue weighted by molar-refractivity contribution is -0.137. The Morgan fingerprint density at radius 2 is 2.06 bits per heavy atom. The smallest absolute Gasteiger partial charge is 0.323 e. The topological polar surface area (TPSA) is 59.3 Å². The Morgan fingerprint density at radius 1 is 1.35 bits per heavy atom. The lowest BCUT2D eigenvalue weighted by Gasteiger charge is -2.01. The van der Waals surface area contributed by atoms with Gasteiger partial charge in [0.05, 0.1) is 0 Å². The van der Waals surface area contributed by atoms with E-state index in [1.165, 1.54) is 6.92 Å². The van der Waals surface area contributed by atoms with Gasteiger partial charge in [0.1, 0.15) is 6.54 Å². The van der Waals surface area contributed by atoms with Crippen molar-refractivity contribution in [3.05, 3.63) is 35.5 Å². The third-order valence-electron chi connectivity index (χ3n) is 2.72. The van der Waals surface area contributed by atoms with Crippen molar-refractivity contribution in [2.24, 2.45) is 0 Å². The van der Waals surface area contributed by atoms with Crippen LogP contribution in [0, 0.1) is 6.92 Å². The lowest BCUT2D eigenvalue weighted by Crippen LogP contribution is -2.07. The Labute approximate surface area is 98.5 Å². The predicted octanol–water partition coefficient (Wildman–Crippen LogP) is 2.24. The number of nitrogens with zero attached hydrogens (tertiary/aromatic N) is 1. The van der Waals surface area contributed by atoms with E-state index in [2.05, 4.69) is 0 Å². The van der Waals surface area contributed by atoms with Crippen molar-refractivity contribution in [3.63, 3.8) is 0 Å². The summed E-state index contributed by atoms with van der Waals surface area (Å²) in [5.74, 6) is -0.970. The maximum Gasteiger partial charge on any atom is 0.323 e. The molecule has 0 atom stereocenters. The molecule has 0 aliphatic rings. The molecule has 0 fully saturated rings. The molecule has 2 rings (SSSR count). The van der Waals surface area contributed by atoms with E-state index >= 15 is 0 Å². The van der Waals surface area contributed by atoms with E-state index in [0.717, 1.165) is 16.5 Å². The SMILES string of the molecule is CC(=O)c1cn(CC(=O)O)c2ccc(C)cc12. The molecule has 2 aromatic rings. The molecule has 1 aromatic heterocycles. The number of aromatic nitrogens is 1. The third kappa shape index (κ3) is 2.06. The summed E-state index contributed by atoms with van der Waals surface area (Å²) in [4.78, 5) is 22.3. The van der Waals surface area contributed by atoms with E-state index < -0.39 is 5.97 Å². The maximum atomic E-state index is 11.5. The molecular formula is C13H13NO3. The van der Waals surface area contributed by atoms with E-state index in [9.17, 15) is 9.59 Å². The summed E-state index contributed by atoms with van der Waals surface area (Å²) in [5.41, 5.74) is 2.40. The second-order valence-corrected chi connectivity index (χ2v) is 4.14. The number of aliphatic carboxylic acids is 1. The molecule has 0 aliphatic carbocycles. The molecule has 0 unspecified atom stereocenters. The van der Waals surface area contributed by atoms with Crippen molar-refractivity contribution in [1.29, 1.82) is 0 Å². The molecule has 0 aliphatic heterocycles. The molecule has 0 amide bonds. The number of carbonyl (C=O) groups excluding carboxylic acids is 1. The number of ketones is 1. The average Bonchev–Trinajstić information content (AvgIpc) is 2.55. The fraction of sp³-hybridized carbons (Fsp3) is 0.231. The Hall–Kier alpha value is -2.10. The van der Waals surface area contributed by atoms with Crippen LogP contribution in [0.1, 0.15) is 22.8 Å². The number of carbonyl (C=O) groups is 2. The molecular weight excluding hydrogens is 218 g/mol. The Morgan fingerprint density at radius 3 is 2.65 bits per heavy atom. The monoisotopic (exact) mass is 231 g/mol. The minimum atomic E-state index is -0.919. The first-order valence-electron chi connectivity index (χ1n) is 5.31. The third-order valence-corrected chi connectivity index (χ3v) is 2.72.